The van der Waals surface area contributed by atoms with Gasteiger partial charge in [0.1, 0.15) is 5.82 Å². The Balaban J connectivity index is 1.67. The summed E-state index contributed by atoms with van der Waals surface area (Å²) in [5.41, 5.74) is -0.855. The van der Waals surface area contributed by atoms with Gasteiger partial charge in [0, 0.05) is 32.0 Å². The molecular formula is C24H31FN2O3. The number of carbonyl (C=O) groups excluding carboxylic acids is 3. The minimum Gasteiger partial charge on any atom is -0.342 e. The largest absolute Gasteiger partial charge is 0.342 e. The fraction of sp³-hybridized carbons (Fsp3) is 0.625. The summed E-state index contributed by atoms with van der Waals surface area (Å²) in [6.45, 7) is 3.38. The smallest absolute Gasteiger partial charge is 0.241 e. The number of benzene rings is 1. The van der Waals surface area contributed by atoms with Crippen LogP contribution in [0.1, 0.15) is 70.3 Å². The van der Waals surface area contributed by atoms with Gasteiger partial charge in [-0.2, -0.15) is 0 Å². The first-order chi connectivity index (χ1) is 14.4. The van der Waals surface area contributed by atoms with Crippen molar-refractivity contribution < 1.29 is 18.8 Å². The molecule has 2 saturated carbocycles. The second-order valence-corrected chi connectivity index (χ2v) is 9.24. The van der Waals surface area contributed by atoms with Crippen LogP contribution in [-0.2, 0) is 19.8 Å². The molecule has 0 bridgehead atoms. The third-order valence-electron chi connectivity index (χ3n) is 6.89. The van der Waals surface area contributed by atoms with Crippen molar-refractivity contribution in [3.63, 3.8) is 0 Å². The topological polar surface area (TPSA) is 57.7 Å². The van der Waals surface area contributed by atoms with Crippen molar-refractivity contribution in [2.45, 2.75) is 76.2 Å². The number of rotatable bonds is 8. The monoisotopic (exact) mass is 414 g/mol. The Hall–Kier alpha value is -2.24. The first-order valence-corrected chi connectivity index (χ1v) is 11.3. The van der Waals surface area contributed by atoms with Crippen LogP contribution in [-0.4, -0.2) is 46.7 Å². The number of imide groups is 1. The maximum atomic E-state index is 14.1. The first kappa shape index (κ1) is 21.0. The SMILES string of the molecule is CCCN(CC1CC1)C(=O)CC1(c2cccc(F)c2)CC(=O)N(C2CCCC2)C1=O. The van der Waals surface area contributed by atoms with Gasteiger partial charge >= 0.3 is 0 Å². The summed E-state index contributed by atoms with van der Waals surface area (Å²) >= 11 is 0. The van der Waals surface area contributed by atoms with Crippen LogP contribution >= 0.6 is 0 Å². The summed E-state index contributed by atoms with van der Waals surface area (Å²) in [6.07, 6.45) is 6.61. The van der Waals surface area contributed by atoms with Crippen molar-refractivity contribution in [3.05, 3.63) is 35.6 Å². The van der Waals surface area contributed by atoms with E-state index in [0.717, 1.165) is 44.9 Å². The molecule has 1 unspecified atom stereocenters. The average molecular weight is 415 g/mol. The van der Waals surface area contributed by atoms with Crippen LogP contribution in [0, 0.1) is 11.7 Å². The van der Waals surface area contributed by atoms with Gasteiger partial charge in [0.05, 0.1) is 5.41 Å². The molecule has 2 aliphatic carbocycles. The number of hydrogen-bond donors (Lipinski definition) is 0. The molecule has 5 nitrogen and oxygen atoms in total. The Morgan fingerprint density at radius 1 is 1.20 bits per heavy atom. The lowest BCUT2D eigenvalue weighted by Gasteiger charge is -2.31. The van der Waals surface area contributed by atoms with E-state index in [4.69, 9.17) is 0 Å². The van der Waals surface area contributed by atoms with E-state index in [-0.39, 0.29) is 36.6 Å². The summed E-state index contributed by atoms with van der Waals surface area (Å²) in [7, 11) is 0. The fourth-order valence-electron chi connectivity index (χ4n) is 5.12. The van der Waals surface area contributed by atoms with Crippen molar-refractivity contribution in [1.82, 2.24) is 9.80 Å². The molecule has 0 spiro atoms. The Labute approximate surface area is 177 Å². The summed E-state index contributed by atoms with van der Waals surface area (Å²) in [6, 6.07) is 5.80. The Bertz CT molecular complexity index is 831. The zero-order valence-corrected chi connectivity index (χ0v) is 17.7. The average Bonchev–Trinajstić information content (AvgIpc) is 3.30. The van der Waals surface area contributed by atoms with Gasteiger partial charge < -0.3 is 4.90 Å². The zero-order chi connectivity index (χ0) is 21.3. The molecule has 1 aromatic rings. The van der Waals surface area contributed by atoms with Crippen molar-refractivity contribution in [2.24, 2.45) is 5.92 Å². The van der Waals surface area contributed by atoms with Crippen LogP contribution in [0.15, 0.2) is 24.3 Å². The van der Waals surface area contributed by atoms with Crippen LogP contribution in [0.5, 0.6) is 0 Å². The molecule has 1 atom stereocenters. The number of carbonyl (C=O) groups is 3. The number of likely N-dealkylation sites (tertiary alicyclic amines) is 1. The van der Waals surface area contributed by atoms with E-state index in [2.05, 4.69) is 0 Å². The number of amides is 3. The zero-order valence-electron chi connectivity index (χ0n) is 17.7. The van der Waals surface area contributed by atoms with Crippen molar-refractivity contribution in [3.8, 4) is 0 Å². The predicted octanol–water partition coefficient (Wildman–Crippen LogP) is 3.80. The van der Waals surface area contributed by atoms with Gasteiger partial charge in [-0.1, -0.05) is 31.9 Å². The number of halogens is 1. The lowest BCUT2D eigenvalue weighted by atomic mass is 9.75. The van der Waals surface area contributed by atoms with Crippen LogP contribution in [0.4, 0.5) is 4.39 Å². The van der Waals surface area contributed by atoms with E-state index in [9.17, 15) is 18.8 Å². The number of hydrogen-bond acceptors (Lipinski definition) is 3. The Morgan fingerprint density at radius 3 is 2.57 bits per heavy atom. The molecule has 1 aliphatic heterocycles. The van der Waals surface area contributed by atoms with Gasteiger partial charge in [-0.3, -0.25) is 19.3 Å². The quantitative estimate of drug-likeness (QED) is 0.608. The second kappa shape index (κ2) is 8.48. The molecule has 162 valence electrons. The van der Waals surface area contributed by atoms with E-state index in [1.54, 1.807) is 12.1 Å². The standard InChI is InChI=1S/C24H31FN2O3/c1-2-12-26(16-17-10-11-17)21(28)14-24(18-6-5-7-19(25)13-18)15-22(29)27(23(24)30)20-8-3-4-9-20/h5-7,13,17,20H,2-4,8-12,14-16H2,1H3. The third-order valence-corrected chi connectivity index (χ3v) is 6.89. The molecule has 1 saturated heterocycles. The lowest BCUT2D eigenvalue weighted by Crippen LogP contribution is -2.46. The first-order valence-electron chi connectivity index (χ1n) is 11.3. The minimum absolute atomic E-state index is 0.0546. The van der Waals surface area contributed by atoms with E-state index in [1.165, 1.54) is 17.0 Å². The highest BCUT2D eigenvalue weighted by Crippen LogP contribution is 2.43. The molecular weight excluding hydrogens is 383 g/mol. The maximum Gasteiger partial charge on any atom is 0.241 e. The van der Waals surface area contributed by atoms with Crippen molar-refractivity contribution in [1.29, 1.82) is 0 Å². The van der Waals surface area contributed by atoms with Crippen molar-refractivity contribution in [2.75, 3.05) is 13.1 Å². The third kappa shape index (κ3) is 4.01. The van der Waals surface area contributed by atoms with Gasteiger partial charge in [0.15, 0.2) is 0 Å². The minimum atomic E-state index is -1.30. The van der Waals surface area contributed by atoms with Gasteiger partial charge in [-0.05, 0) is 55.7 Å². The molecule has 4 rings (SSSR count). The Morgan fingerprint density at radius 2 is 1.93 bits per heavy atom. The predicted molar refractivity (Wildman–Crippen MR) is 111 cm³/mol. The highest BCUT2D eigenvalue weighted by Gasteiger charge is 2.56. The summed E-state index contributed by atoms with van der Waals surface area (Å²) in [5, 5.41) is 0. The molecule has 3 aliphatic rings. The van der Waals surface area contributed by atoms with Gasteiger partial charge in [-0.25, -0.2) is 4.39 Å². The normalized spacial score (nSPS) is 24.7. The molecule has 1 aromatic carbocycles. The van der Waals surface area contributed by atoms with Crippen LogP contribution in [0.25, 0.3) is 0 Å². The fourth-order valence-corrected chi connectivity index (χ4v) is 5.12. The molecule has 0 aromatic heterocycles. The number of nitrogens with zero attached hydrogens (tertiary/aromatic N) is 2. The maximum absolute atomic E-state index is 14.1. The molecule has 1 heterocycles. The molecule has 0 N–H and O–H groups in total. The molecule has 6 heteroatoms. The van der Waals surface area contributed by atoms with Crippen LogP contribution in [0.2, 0.25) is 0 Å². The van der Waals surface area contributed by atoms with Crippen LogP contribution in [0.3, 0.4) is 0 Å². The highest BCUT2D eigenvalue weighted by molar-refractivity contribution is 6.11. The van der Waals surface area contributed by atoms with E-state index < -0.39 is 11.2 Å². The molecule has 0 radical (unpaired) electrons. The molecule has 3 amide bonds. The molecule has 30 heavy (non-hydrogen) atoms. The van der Waals surface area contributed by atoms with Gasteiger partial charge in [-0.15, -0.1) is 0 Å². The van der Waals surface area contributed by atoms with E-state index >= 15 is 0 Å². The van der Waals surface area contributed by atoms with Crippen LogP contribution < -0.4 is 0 Å². The van der Waals surface area contributed by atoms with Crippen molar-refractivity contribution >= 4 is 17.7 Å². The summed E-state index contributed by atoms with van der Waals surface area (Å²) in [4.78, 5) is 43.3. The summed E-state index contributed by atoms with van der Waals surface area (Å²) in [5.74, 6) is -0.569. The lowest BCUT2D eigenvalue weighted by molar-refractivity contribution is -0.144. The van der Waals surface area contributed by atoms with Gasteiger partial charge in [0.25, 0.3) is 0 Å². The van der Waals surface area contributed by atoms with E-state index in [1.807, 2.05) is 11.8 Å². The highest BCUT2D eigenvalue weighted by atomic mass is 19.1. The van der Waals surface area contributed by atoms with E-state index in [0.29, 0.717) is 24.6 Å². The second-order valence-electron chi connectivity index (χ2n) is 9.24. The summed E-state index contributed by atoms with van der Waals surface area (Å²) < 4.78 is 14.1. The Kier molecular flexibility index (Phi) is 5.94. The van der Waals surface area contributed by atoms with Gasteiger partial charge in [0.2, 0.25) is 17.7 Å². The molecule has 3 fully saturated rings.